The minimum atomic E-state index is -0.127. The third kappa shape index (κ3) is 3.13. The first-order valence-corrected chi connectivity index (χ1v) is 9.17. The average Bonchev–Trinajstić information content (AvgIpc) is 3.29. The molecule has 130 valence electrons. The van der Waals surface area contributed by atoms with Gasteiger partial charge in [0.05, 0.1) is 35.2 Å². The van der Waals surface area contributed by atoms with Crippen molar-refractivity contribution in [2.45, 2.75) is 26.3 Å². The Labute approximate surface area is 149 Å². The fourth-order valence-corrected chi connectivity index (χ4v) is 4.39. The van der Waals surface area contributed by atoms with Gasteiger partial charge >= 0.3 is 0 Å². The lowest BCUT2D eigenvalue weighted by atomic mass is 9.86. The number of rotatable bonds is 3. The largest absolute Gasteiger partial charge is 0.338 e. The lowest BCUT2D eigenvalue weighted by Gasteiger charge is -2.24. The van der Waals surface area contributed by atoms with E-state index in [9.17, 15) is 9.59 Å². The van der Waals surface area contributed by atoms with Gasteiger partial charge in [0.1, 0.15) is 0 Å². The topological polar surface area (TPSA) is 79.3 Å². The first kappa shape index (κ1) is 16.1. The van der Waals surface area contributed by atoms with E-state index in [1.165, 1.54) is 12.4 Å². The van der Waals surface area contributed by atoms with Gasteiger partial charge in [-0.05, 0) is 19.4 Å². The Kier molecular flexibility index (Phi) is 3.99. The SMILES string of the molecule is Cc1nc(CN2C[C@@]3(CCN(C(=O)c4ccnnc4)C3)CC2=O)cs1. The average molecular weight is 357 g/mol. The third-order valence-electron chi connectivity index (χ3n) is 4.98. The van der Waals surface area contributed by atoms with Crippen LogP contribution in [0.2, 0.25) is 0 Å². The Morgan fingerprint density at radius 2 is 2.24 bits per heavy atom. The number of hydrogen-bond acceptors (Lipinski definition) is 6. The van der Waals surface area contributed by atoms with Gasteiger partial charge in [-0.15, -0.1) is 11.3 Å². The Morgan fingerprint density at radius 3 is 2.96 bits per heavy atom. The summed E-state index contributed by atoms with van der Waals surface area (Å²) < 4.78 is 0. The van der Waals surface area contributed by atoms with E-state index in [2.05, 4.69) is 15.2 Å². The van der Waals surface area contributed by atoms with Gasteiger partial charge < -0.3 is 9.80 Å². The van der Waals surface area contributed by atoms with Gasteiger partial charge in [-0.3, -0.25) is 9.59 Å². The summed E-state index contributed by atoms with van der Waals surface area (Å²) >= 11 is 1.60. The second-order valence-electron chi connectivity index (χ2n) is 6.89. The molecule has 2 amide bonds. The number of carbonyl (C=O) groups is 2. The number of hydrogen-bond donors (Lipinski definition) is 0. The first-order chi connectivity index (χ1) is 12.0. The molecule has 2 saturated heterocycles. The second kappa shape index (κ2) is 6.18. The van der Waals surface area contributed by atoms with Crippen molar-refractivity contribution in [1.29, 1.82) is 0 Å². The second-order valence-corrected chi connectivity index (χ2v) is 7.95. The van der Waals surface area contributed by atoms with Crippen LogP contribution in [0.1, 0.15) is 33.9 Å². The third-order valence-corrected chi connectivity index (χ3v) is 5.80. The molecule has 0 saturated carbocycles. The number of aromatic nitrogens is 3. The zero-order valence-corrected chi connectivity index (χ0v) is 14.8. The molecule has 4 heterocycles. The maximum Gasteiger partial charge on any atom is 0.255 e. The van der Waals surface area contributed by atoms with Crippen molar-refractivity contribution in [2.75, 3.05) is 19.6 Å². The molecule has 8 heteroatoms. The first-order valence-electron chi connectivity index (χ1n) is 8.29. The van der Waals surface area contributed by atoms with E-state index in [0.29, 0.717) is 38.2 Å². The van der Waals surface area contributed by atoms with Crippen molar-refractivity contribution in [3.63, 3.8) is 0 Å². The quantitative estimate of drug-likeness (QED) is 0.832. The minimum absolute atomic E-state index is 0.0344. The van der Waals surface area contributed by atoms with Gasteiger partial charge in [0.2, 0.25) is 5.91 Å². The smallest absolute Gasteiger partial charge is 0.255 e. The van der Waals surface area contributed by atoms with Crippen LogP contribution >= 0.6 is 11.3 Å². The normalized spacial score (nSPS) is 23.0. The van der Waals surface area contributed by atoms with Crippen molar-refractivity contribution in [3.8, 4) is 0 Å². The number of carbonyl (C=O) groups excluding carboxylic acids is 2. The van der Waals surface area contributed by atoms with Gasteiger partial charge in [-0.25, -0.2) is 4.98 Å². The molecule has 1 atom stereocenters. The highest BCUT2D eigenvalue weighted by atomic mass is 32.1. The van der Waals surface area contributed by atoms with Crippen LogP contribution in [0.3, 0.4) is 0 Å². The highest BCUT2D eigenvalue weighted by Crippen LogP contribution is 2.41. The summed E-state index contributed by atoms with van der Waals surface area (Å²) in [4.78, 5) is 33.2. The van der Waals surface area contributed by atoms with Gasteiger partial charge in [-0.1, -0.05) is 0 Å². The molecule has 25 heavy (non-hydrogen) atoms. The van der Waals surface area contributed by atoms with E-state index in [-0.39, 0.29) is 17.2 Å². The number of thiazole rings is 1. The van der Waals surface area contributed by atoms with Crippen LogP contribution in [-0.2, 0) is 11.3 Å². The van der Waals surface area contributed by atoms with E-state index < -0.39 is 0 Å². The van der Waals surface area contributed by atoms with Gasteiger partial charge in [0, 0.05) is 36.9 Å². The van der Waals surface area contributed by atoms with Crippen molar-refractivity contribution in [1.82, 2.24) is 25.0 Å². The van der Waals surface area contributed by atoms with E-state index in [1.54, 1.807) is 17.4 Å². The van der Waals surface area contributed by atoms with Crippen LogP contribution in [0, 0.1) is 12.3 Å². The van der Waals surface area contributed by atoms with Crippen molar-refractivity contribution >= 4 is 23.2 Å². The van der Waals surface area contributed by atoms with Crippen LogP contribution in [0.4, 0.5) is 0 Å². The molecule has 1 spiro atoms. The van der Waals surface area contributed by atoms with Crippen LogP contribution in [-0.4, -0.2) is 56.4 Å². The molecule has 4 rings (SSSR count). The van der Waals surface area contributed by atoms with Crippen LogP contribution in [0.25, 0.3) is 0 Å². The van der Waals surface area contributed by atoms with Crippen molar-refractivity contribution < 1.29 is 9.59 Å². The molecular weight excluding hydrogens is 338 g/mol. The van der Waals surface area contributed by atoms with Crippen LogP contribution in [0.5, 0.6) is 0 Å². The molecule has 0 aromatic carbocycles. The van der Waals surface area contributed by atoms with E-state index in [1.807, 2.05) is 22.1 Å². The fraction of sp³-hybridized carbons (Fsp3) is 0.471. The van der Waals surface area contributed by atoms with Crippen LogP contribution < -0.4 is 0 Å². The summed E-state index contributed by atoms with van der Waals surface area (Å²) in [6.45, 7) is 4.52. The molecular formula is C17H19N5O2S. The molecule has 0 radical (unpaired) electrons. The summed E-state index contributed by atoms with van der Waals surface area (Å²) in [6.07, 6.45) is 4.38. The zero-order valence-electron chi connectivity index (χ0n) is 14.0. The predicted octanol–water partition coefficient (Wildman–Crippen LogP) is 1.51. The molecule has 2 fully saturated rings. The summed E-state index contributed by atoms with van der Waals surface area (Å²) in [5.74, 6) is 0.123. The summed E-state index contributed by atoms with van der Waals surface area (Å²) in [7, 11) is 0. The summed E-state index contributed by atoms with van der Waals surface area (Å²) in [6, 6.07) is 1.68. The fourth-order valence-electron chi connectivity index (χ4n) is 3.78. The number of nitrogens with zero attached hydrogens (tertiary/aromatic N) is 5. The Morgan fingerprint density at radius 1 is 1.36 bits per heavy atom. The molecule has 0 N–H and O–H groups in total. The molecule has 0 aliphatic carbocycles. The van der Waals surface area contributed by atoms with E-state index in [4.69, 9.17) is 0 Å². The lowest BCUT2D eigenvalue weighted by molar-refractivity contribution is -0.128. The predicted molar refractivity (Wildman–Crippen MR) is 91.9 cm³/mol. The van der Waals surface area contributed by atoms with Gasteiger partial charge in [0.15, 0.2) is 0 Å². The van der Waals surface area contributed by atoms with Crippen molar-refractivity contribution in [3.05, 3.63) is 40.1 Å². The number of likely N-dealkylation sites (tertiary alicyclic amines) is 2. The maximum absolute atomic E-state index is 12.6. The lowest BCUT2D eigenvalue weighted by Crippen LogP contribution is -2.34. The highest BCUT2D eigenvalue weighted by Gasteiger charge is 2.48. The Balaban J connectivity index is 1.43. The summed E-state index contributed by atoms with van der Waals surface area (Å²) in [5.41, 5.74) is 1.37. The maximum atomic E-state index is 12.6. The Bertz CT molecular complexity index is 808. The van der Waals surface area contributed by atoms with Crippen LogP contribution in [0.15, 0.2) is 23.8 Å². The van der Waals surface area contributed by atoms with Gasteiger partial charge in [-0.2, -0.15) is 10.2 Å². The summed E-state index contributed by atoms with van der Waals surface area (Å²) in [5, 5.41) is 10.5. The van der Waals surface area contributed by atoms with E-state index >= 15 is 0 Å². The Hall–Kier alpha value is -2.35. The molecule has 0 unspecified atom stereocenters. The molecule has 2 aliphatic heterocycles. The van der Waals surface area contributed by atoms with Gasteiger partial charge in [0.25, 0.3) is 5.91 Å². The highest BCUT2D eigenvalue weighted by molar-refractivity contribution is 7.09. The number of aryl methyl sites for hydroxylation is 1. The molecule has 2 aromatic rings. The zero-order chi connectivity index (χ0) is 17.4. The van der Waals surface area contributed by atoms with E-state index in [0.717, 1.165) is 17.1 Å². The monoisotopic (exact) mass is 357 g/mol. The molecule has 7 nitrogen and oxygen atoms in total. The number of amides is 2. The van der Waals surface area contributed by atoms with Crippen molar-refractivity contribution in [2.24, 2.45) is 5.41 Å². The molecule has 2 aromatic heterocycles. The molecule has 0 bridgehead atoms. The standard InChI is InChI=1S/C17H19N5O2S/c1-12-20-14(9-25-12)8-22-11-17(6-15(22)23)3-5-21(10-17)16(24)13-2-4-18-19-7-13/h2,4,7,9H,3,5-6,8,10-11H2,1H3/t17-/m0/s1. The molecule has 2 aliphatic rings. The minimum Gasteiger partial charge on any atom is -0.338 e.